The summed E-state index contributed by atoms with van der Waals surface area (Å²) in [7, 11) is 0. The van der Waals surface area contributed by atoms with E-state index >= 15 is 0 Å². The second-order valence-corrected chi connectivity index (χ2v) is 5.65. The number of esters is 1. The zero-order chi connectivity index (χ0) is 12.8. The Bertz CT molecular complexity index is 430. The molecule has 17 heavy (non-hydrogen) atoms. The summed E-state index contributed by atoms with van der Waals surface area (Å²) >= 11 is 4.51. The van der Waals surface area contributed by atoms with Gasteiger partial charge in [0.2, 0.25) is 0 Å². The minimum absolute atomic E-state index is 0.339. The molecular formula is C11H12BrNO3S. The maximum Gasteiger partial charge on any atom is 0.349 e. The van der Waals surface area contributed by atoms with Crippen LogP contribution in [0.1, 0.15) is 16.6 Å². The predicted molar refractivity (Wildman–Crippen MR) is 70.1 cm³/mol. The predicted octanol–water partition coefficient (Wildman–Crippen LogP) is 2.36. The average molecular weight is 318 g/mol. The van der Waals surface area contributed by atoms with E-state index in [1.165, 1.54) is 18.3 Å². The van der Waals surface area contributed by atoms with Crippen LogP contribution in [0.5, 0.6) is 0 Å². The standard InChI is InChI=1S/C11H12BrNO3S/c1-3-6-13-10(14)7(2)16-11(15)8-4-5-9(12)17-8/h3-5,7H,1,6H2,2H3,(H,13,14). The Morgan fingerprint density at radius 2 is 2.35 bits per heavy atom. The number of amides is 1. The quantitative estimate of drug-likeness (QED) is 0.670. The number of ether oxygens (including phenoxy) is 1. The van der Waals surface area contributed by atoms with E-state index in [-0.39, 0.29) is 5.91 Å². The molecule has 0 bridgehead atoms. The van der Waals surface area contributed by atoms with Crippen molar-refractivity contribution in [1.82, 2.24) is 5.32 Å². The van der Waals surface area contributed by atoms with Gasteiger partial charge in [-0.05, 0) is 35.0 Å². The summed E-state index contributed by atoms with van der Waals surface area (Å²) in [5.74, 6) is -0.837. The Balaban J connectivity index is 2.51. The molecule has 0 spiro atoms. The first-order chi connectivity index (χ1) is 8.04. The molecule has 1 aromatic rings. The van der Waals surface area contributed by atoms with Gasteiger partial charge >= 0.3 is 5.97 Å². The maximum atomic E-state index is 11.6. The minimum atomic E-state index is -0.816. The first kappa shape index (κ1) is 13.9. The van der Waals surface area contributed by atoms with Crippen LogP contribution in [0.25, 0.3) is 0 Å². The van der Waals surface area contributed by atoms with Gasteiger partial charge in [0, 0.05) is 6.54 Å². The molecular weight excluding hydrogens is 306 g/mol. The van der Waals surface area contributed by atoms with Crippen LogP contribution in [0, 0.1) is 0 Å². The van der Waals surface area contributed by atoms with Crippen LogP contribution in [0.4, 0.5) is 0 Å². The van der Waals surface area contributed by atoms with Gasteiger partial charge in [-0.3, -0.25) is 4.79 Å². The van der Waals surface area contributed by atoms with Crippen LogP contribution < -0.4 is 5.32 Å². The van der Waals surface area contributed by atoms with Gasteiger partial charge in [0.1, 0.15) is 4.88 Å². The highest BCUT2D eigenvalue weighted by atomic mass is 79.9. The fraction of sp³-hybridized carbons (Fsp3) is 0.273. The number of nitrogens with one attached hydrogen (secondary N) is 1. The van der Waals surface area contributed by atoms with Gasteiger partial charge in [0.15, 0.2) is 6.10 Å². The summed E-state index contributed by atoms with van der Waals surface area (Å²) in [6, 6.07) is 3.40. The maximum absolute atomic E-state index is 11.6. The average Bonchev–Trinajstić information content (AvgIpc) is 2.72. The molecule has 0 radical (unpaired) electrons. The molecule has 0 saturated carbocycles. The van der Waals surface area contributed by atoms with Crippen molar-refractivity contribution >= 4 is 39.1 Å². The van der Waals surface area contributed by atoms with E-state index in [9.17, 15) is 9.59 Å². The molecule has 6 heteroatoms. The SMILES string of the molecule is C=CCNC(=O)C(C)OC(=O)c1ccc(Br)s1. The van der Waals surface area contributed by atoms with Gasteiger partial charge in [-0.25, -0.2) is 4.79 Å². The molecule has 1 rings (SSSR count). The van der Waals surface area contributed by atoms with Crippen LogP contribution >= 0.6 is 27.3 Å². The molecule has 0 fully saturated rings. The van der Waals surface area contributed by atoms with Crippen molar-refractivity contribution in [3.63, 3.8) is 0 Å². The lowest BCUT2D eigenvalue weighted by Crippen LogP contribution is -2.35. The lowest BCUT2D eigenvalue weighted by atomic mass is 10.3. The summed E-state index contributed by atoms with van der Waals surface area (Å²) in [6.45, 7) is 5.36. The third kappa shape index (κ3) is 4.32. The molecule has 1 N–H and O–H groups in total. The molecule has 1 aromatic heterocycles. The molecule has 4 nitrogen and oxygen atoms in total. The van der Waals surface area contributed by atoms with Crippen LogP contribution in [-0.4, -0.2) is 24.5 Å². The zero-order valence-electron chi connectivity index (χ0n) is 9.23. The zero-order valence-corrected chi connectivity index (χ0v) is 11.6. The van der Waals surface area contributed by atoms with Crippen LogP contribution in [0.2, 0.25) is 0 Å². The summed E-state index contributed by atoms with van der Waals surface area (Å²) in [5.41, 5.74) is 0. The highest BCUT2D eigenvalue weighted by Gasteiger charge is 2.19. The van der Waals surface area contributed by atoms with E-state index in [1.54, 1.807) is 18.2 Å². The van der Waals surface area contributed by atoms with Crippen molar-refractivity contribution < 1.29 is 14.3 Å². The summed E-state index contributed by atoms with van der Waals surface area (Å²) < 4.78 is 5.85. The molecule has 92 valence electrons. The molecule has 0 aliphatic rings. The number of rotatable bonds is 5. The molecule has 0 aromatic carbocycles. The molecule has 1 heterocycles. The Kier molecular flexibility index (Phi) is 5.37. The molecule has 0 aliphatic carbocycles. The number of carbonyl (C=O) groups is 2. The van der Waals surface area contributed by atoms with Gasteiger partial charge in [-0.15, -0.1) is 17.9 Å². The summed E-state index contributed by atoms with van der Waals surface area (Å²) in [6.07, 6.45) is 0.742. The van der Waals surface area contributed by atoms with Crippen LogP contribution in [-0.2, 0) is 9.53 Å². The van der Waals surface area contributed by atoms with Crippen molar-refractivity contribution in [2.24, 2.45) is 0 Å². The molecule has 0 saturated heterocycles. The van der Waals surface area contributed by atoms with E-state index < -0.39 is 12.1 Å². The van der Waals surface area contributed by atoms with Crippen molar-refractivity contribution in [2.45, 2.75) is 13.0 Å². The van der Waals surface area contributed by atoms with Crippen LogP contribution in [0.3, 0.4) is 0 Å². The van der Waals surface area contributed by atoms with Crippen molar-refractivity contribution in [1.29, 1.82) is 0 Å². The van der Waals surface area contributed by atoms with E-state index in [2.05, 4.69) is 27.8 Å². The first-order valence-electron chi connectivity index (χ1n) is 4.89. The second-order valence-electron chi connectivity index (χ2n) is 3.19. The number of hydrogen-bond acceptors (Lipinski definition) is 4. The van der Waals surface area contributed by atoms with E-state index in [4.69, 9.17) is 4.74 Å². The summed E-state index contributed by atoms with van der Waals surface area (Å²) in [5, 5.41) is 2.55. The fourth-order valence-corrected chi connectivity index (χ4v) is 2.28. The van der Waals surface area contributed by atoms with Gasteiger partial charge in [0.05, 0.1) is 3.79 Å². The van der Waals surface area contributed by atoms with E-state index in [1.807, 2.05) is 0 Å². The first-order valence-corrected chi connectivity index (χ1v) is 6.50. The van der Waals surface area contributed by atoms with Gasteiger partial charge in [0.25, 0.3) is 5.91 Å². The minimum Gasteiger partial charge on any atom is -0.448 e. The highest BCUT2D eigenvalue weighted by Crippen LogP contribution is 2.22. The van der Waals surface area contributed by atoms with E-state index in [0.29, 0.717) is 11.4 Å². The summed E-state index contributed by atoms with van der Waals surface area (Å²) in [4.78, 5) is 23.5. The molecule has 1 atom stereocenters. The molecule has 0 aliphatic heterocycles. The molecule has 1 unspecified atom stereocenters. The van der Waals surface area contributed by atoms with Gasteiger partial charge < -0.3 is 10.1 Å². The monoisotopic (exact) mass is 317 g/mol. The highest BCUT2D eigenvalue weighted by molar-refractivity contribution is 9.11. The molecule has 1 amide bonds. The number of hydrogen-bond donors (Lipinski definition) is 1. The third-order valence-electron chi connectivity index (χ3n) is 1.85. The van der Waals surface area contributed by atoms with Crippen molar-refractivity contribution in [3.05, 3.63) is 33.5 Å². The third-order valence-corrected chi connectivity index (χ3v) is 3.45. The smallest absolute Gasteiger partial charge is 0.349 e. The number of thiophene rings is 1. The largest absolute Gasteiger partial charge is 0.448 e. The Morgan fingerprint density at radius 3 is 2.88 bits per heavy atom. The number of halogens is 1. The Hall–Kier alpha value is -1.14. The van der Waals surface area contributed by atoms with E-state index in [0.717, 1.165) is 3.79 Å². The Morgan fingerprint density at radius 1 is 1.65 bits per heavy atom. The van der Waals surface area contributed by atoms with Gasteiger partial charge in [-0.2, -0.15) is 0 Å². The normalized spacial score (nSPS) is 11.6. The van der Waals surface area contributed by atoms with Crippen molar-refractivity contribution in [3.8, 4) is 0 Å². The lowest BCUT2D eigenvalue weighted by molar-refractivity contribution is -0.128. The van der Waals surface area contributed by atoms with Gasteiger partial charge in [-0.1, -0.05) is 6.08 Å². The van der Waals surface area contributed by atoms with Crippen molar-refractivity contribution in [2.75, 3.05) is 6.54 Å². The number of carbonyl (C=O) groups excluding carboxylic acids is 2. The lowest BCUT2D eigenvalue weighted by Gasteiger charge is -2.11. The second kappa shape index (κ2) is 6.56. The Labute approximate surface area is 112 Å². The fourth-order valence-electron chi connectivity index (χ4n) is 1.01. The van der Waals surface area contributed by atoms with Crippen LogP contribution in [0.15, 0.2) is 28.6 Å². The topological polar surface area (TPSA) is 55.4 Å².